The van der Waals surface area contributed by atoms with Gasteiger partial charge in [0.05, 0.1) is 11.6 Å². The van der Waals surface area contributed by atoms with Crippen molar-refractivity contribution in [3.05, 3.63) is 34.3 Å². The molecule has 0 heterocycles. The molecule has 1 aromatic rings. The highest BCUT2D eigenvalue weighted by atomic mass is 79.9. The zero-order valence-electron chi connectivity index (χ0n) is 14.4. The van der Waals surface area contributed by atoms with Crippen LogP contribution >= 0.6 is 15.9 Å². The lowest BCUT2D eigenvalue weighted by atomic mass is 9.53. The van der Waals surface area contributed by atoms with Crippen LogP contribution in [0.4, 0.5) is 0 Å². The van der Waals surface area contributed by atoms with E-state index in [-0.39, 0.29) is 11.9 Å². The van der Waals surface area contributed by atoms with Crippen molar-refractivity contribution in [3.8, 4) is 0 Å². The van der Waals surface area contributed by atoms with Crippen LogP contribution in [0.25, 0.3) is 0 Å². The molecule has 1 atom stereocenters. The zero-order chi connectivity index (χ0) is 16.7. The van der Waals surface area contributed by atoms with Gasteiger partial charge in [-0.05, 0) is 61.6 Å². The number of hydrogen-bond acceptors (Lipinski definition) is 1. The van der Waals surface area contributed by atoms with Crippen molar-refractivity contribution in [2.45, 2.75) is 57.0 Å². The molecular formula is C20H28BrN2O+. The molecule has 1 aromatic carbocycles. The van der Waals surface area contributed by atoms with Crippen molar-refractivity contribution in [2.75, 3.05) is 6.54 Å². The molecule has 1 amide bonds. The predicted molar refractivity (Wildman–Crippen MR) is 98.4 cm³/mol. The van der Waals surface area contributed by atoms with Gasteiger partial charge in [0, 0.05) is 23.7 Å². The second-order valence-corrected chi connectivity index (χ2v) is 9.44. The Labute approximate surface area is 153 Å². The molecule has 0 saturated heterocycles. The molecule has 5 rings (SSSR count). The Morgan fingerprint density at radius 1 is 1.17 bits per heavy atom. The molecule has 0 aromatic heterocycles. The van der Waals surface area contributed by atoms with Crippen molar-refractivity contribution >= 4 is 21.8 Å². The van der Waals surface area contributed by atoms with Crippen LogP contribution in [0.3, 0.4) is 0 Å². The van der Waals surface area contributed by atoms with Crippen LogP contribution in [-0.4, -0.2) is 18.0 Å². The van der Waals surface area contributed by atoms with Gasteiger partial charge in [0.1, 0.15) is 0 Å². The largest absolute Gasteiger partial charge is 0.345 e. The topological polar surface area (TPSA) is 45.7 Å². The summed E-state index contributed by atoms with van der Waals surface area (Å²) < 4.78 is 1.07. The van der Waals surface area contributed by atoms with E-state index in [4.69, 9.17) is 0 Å². The van der Waals surface area contributed by atoms with Crippen molar-refractivity contribution in [3.63, 3.8) is 0 Å². The van der Waals surface area contributed by atoms with Crippen molar-refractivity contribution in [1.82, 2.24) is 5.32 Å². The lowest BCUT2D eigenvalue weighted by Gasteiger charge is -2.54. The normalized spacial score (nSPS) is 35.0. The molecule has 4 aliphatic carbocycles. The summed E-state index contributed by atoms with van der Waals surface area (Å²) in [5.41, 5.74) is 1.54. The molecule has 0 aliphatic heterocycles. The summed E-state index contributed by atoms with van der Waals surface area (Å²) in [4.78, 5) is 12.4. The molecule has 4 fully saturated rings. The first kappa shape index (κ1) is 16.6. The summed E-state index contributed by atoms with van der Waals surface area (Å²) in [5, 5.41) is 5.55. The quantitative estimate of drug-likeness (QED) is 0.795. The number of nitrogens with one attached hydrogen (secondary N) is 1. The van der Waals surface area contributed by atoms with Gasteiger partial charge in [-0.25, -0.2) is 0 Å². The number of halogens is 1. The van der Waals surface area contributed by atoms with E-state index in [9.17, 15) is 4.79 Å². The highest BCUT2D eigenvalue weighted by Crippen LogP contribution is 2.54. The molecule has 4 aliphatic rings. The van der Waals surface area contributed by atoms with E-state index in [1.54, 1.807) is 0 Å². The number of nitrogens with two attached hydrogens (primary N) is 1. The van der Waals surface area contributed by atoms with E-state index < -0.39 is 0 Å². The van der Waals surface area contributed by atoms with Gasteiger partial charge in [-0.2, -0.15) is 0 Å². The van der Waals surface area contributed by atoms with Crippen LogP contribution in [-0.2, 0) is 4.79 Å². The number of rotatable bonds is 5. The van der Waals surface area contributed by atoms with E-state index in [1.807, 2.05) is 12.1 Å². The van der Waals surface area contributed by atoms with E-state index in [1.165, 1.54) is 38.5 Å². The van der Waals surface area contributed by atoms with Gasteiger partial charge < -0.3 is 10.6 Å². The van der Waals surface area contributed by atoms with Crippen LogP contribution in [0.2, 0.25) is 0 Å². The molecule has 3 N–H and O–H groups in total. The Hall–Kier alpha value is -0.870. The molecule has 0 spiro atoms. The molecule has 0 unspecified atom stereocenters. The van der Waals surface area contributed by atoms with E-state index in [2.05, 4.69) is 45.6 Å². The van der Waals surface area contributed by atoms with Crippen molar-refractivity contribution in [2.24, 2.45) is 17.8 Å². The minimum atomic E-state index is 0.0652. The third-order valence-corrected chi connectivity index (χ3v) is 7.08. The third-order valence-electron chi connectivity index (χ3n) is 6.55. The first-order chi connectivity index (χ1) is 11.5. The van der Waals surface area contributed by atoms with Crippen LogP contribution < -0.4 is 10.6 Å². The Morgan fingerprint density at radius 3 is 2.25 bits per heavy atom. The molecule has 130 valence electrons. The molecule has 3 nitrogen and oxygen atoms in total. The number of amides is 1. The lowest BCUT2D eigenvalue weighted by molar-refractivity contribution is -0.730. The minimum Gasteiger partial charge on any atom is -0.345 e. The van der Waals surface area contributed by atoms with Crippen LogP contribution in [0.15, 0.2) is 28.7 Å². The number of carbonyl (C=O) groups is 1. The summed E-state index contributed by atoms with van der Waals surface area (Å²) in [6.07, 6.45) is 8.40. The monoisotopic (exact) mass is 391 g/mol. The summed E-state index contributed by atoms with van der Waals surface area (Å²) in [6.45, 7) is 2.64. The maximum Gasteiger partial charge on any atom is 0.275 e. The standard InChI is InChI=1S/C20H27BrN2O/c1-13(17-2-4-18(21)5-3-17)23-19(24)12-22-20-9-14-6-15(10-20)8-16(7-14)11-20/h2-5,13-16,22H,6-12H2,1H3,(H,23,24)/p+1/t13-,14?,15?,16?,20?/m0/s1. The van der Waals surface area contributed by atoms with Gasteiger partial charge in [0.25, 0.3) is 5.91 Å². The molecule has 0 radical (unpaired) electrons. The van der Waals surface area contributed by atoms with Gasteiger partial charge in [-0.1, -0.05) is 28.1 Å². The van der Waals surface area contributed by atoms with Crippen molar-refractivity contribution < 1.29 is 10.1 Å². The van der Waals surface area contributed by atoms with Gasteiger partial charge in [0.15, 0.2) is 6.54 Å². The Balaban J connectivity index is 1.31. The maximum absolute atomic E-state index is 12.4. The van der Waals surface area contributed by atoms with Gasteiger partial charge in [-0.3, -0.25) is 4.79 Å². The van der Waals surface area contributed by atoms with Crippen LogP contribution in [0.5, 0.6) is 0 Å². The third kappa shape index (κ3) is 3.41. The number of quaternary nitrogens is 1. The first-order valence-corrected chi connectivity index (χ1v) is 10.2. The molecule has 4 saturated carbocycles. The smallest absolute Gasteiger partial charge is 0.275 e. The zero-order valence-corrected chi connectivity index (χ0v) is 16.0. The molecule has 24 heavy (non-hydrogen) atoms. The predicted octanol–water partition coefficient (Wildman–Crippen LogP) is 3.16. The summed E-state index contributed by atoms with van der Waals surface area (Å²) >= 11 is 3.45. The molecule has 4 bridgehead atoms. The highest BCUT2D eigenvalue weighted by molar-refractivity contribution is 9.10. The fourth-order valence-corrected chi connectivity index (χ4v) is 6.14. The minimum absolute atomic E-state index is 0.0652. The van der Waals surface area contributed by atoms with Gasteiger partial charge >= 0.3 is 0 Å². The lowest BCUT2D eigenvalue weighted by Crippen LogP contribution is -3.00. The average molecular weight is 392 g/mol. The summed E-state index contributed by atoms with van der Waals surface area (Å²) in [5.74, 6) is 2.99. The van der Waals surface area contributed by atoms with Crippen LogP contribution in [0.1, 0.15) is 57.1 Å². The number of benzene rings is 1. The number of hydrogen-bond donors (Lipinski definition) is 2. The second-order valence-electron chi connectivity index (χ2n) is 8.53. The fourth-order valence-electron chi connectivity index (χ4n) is 5.87. The van der Waals surface area contributed by atoms with Crippen LogP contribution in [0, 0.1) is 17.8 Å². The molecule has 4 heteroatoms. The Bertz CT molecular complexity index is 577. The maximum atomic E-state index is 12.4. The Kier molecular flexibility index (Phi) is 4.46. The first-order valence-electron chi connectivity index (χ1n) is 9.40. The summed E-state index contributed by atoms with van der Waals surface area (Å²) in [7, 11) is 0. The van der Waals surface area contributed by atoms with E-state index in [0.29, 0.717) is 12.1 Å². The summed E-state index contributed by atoms with van der Waals surface area (Å²) in [6, 6.07) is 8.25. The SMILES string of the molecule is C[C@H](NC(=O)C[NH2+]C12CC3CC(CC(C3)C1)C2)c1ccc(Br)cc1. The van der Waals surface area contributed by atoms with Crippen molar-refractivity contribution in [1.29, 1.82) is 0 Å². The van der Waals surface area contributed by atoms with E-state index >= 15 is 0 Å². The fraction of sp³-hybridized carbons (Fsp3) is 0.650. The van der Waals surface area contributed by atoms with Gasteiger partial charge in [-0.15, -0.1) is 0 Å². The average Bonchev–Trinajstić information content (AvgIpc) is 2.52. The van der Waals surface area contributed by atoms with E-state index in [0.717, 1.165) is 27.8 Å². The molecular weight excluding hydrogens is 364 g/mol. The highest BCUT2D eigenvalue weighted by Gasteiger charge is 2.53. The Morgan fingerprint density at radius 2 is 1.71 bits per heavy atom. The van der Waals surface area contributed by atoms with Gasteiger partial charge in [0.2, 0.25) is 0 Å². The number of carbonyl (C=O) groups excluding carboxylic acids is 1. The second kappa shape index (κ2) is 6.45.